The Morgan fingerprint density at radius 3 is 2.65 bits per heavy atom. The zero-order valence-corrected chi connectivity index (χ0v) is 10.9. The minimum atomic E-state index is -0.00589. The average molecular weight is 240 g/mol. The highest BCUT2D eigenvalue weighted by Gasteiger charge is 2.36. The van der Waals surface area contributed by atoms with Gasteiger partial charge in [0.05, 0.1) is 11.5 Å². The van der Waals surface area contributed by atoms with Gasteiger partial charge in [-0.1, -0.05) is 13.8 Å². The van der Waals surface area contributed by atoms with E-state index in [0.717, 1.165) is 45.4 Å². The van der Waals surface area contributed by atoms with Crippen LogP contribution in [0.2, 0.25) is 0 Å². The van der Waals surface area contributed by atoms with E-state index in [1.54, 1.807) is 0 Å². The van der Waals surface area contributed by atoms with E-state index in [-0.39, 0.29) is 17.4 Å². The van der Waals surface area contributed by atoms with Crippen LogP contribution in [0.1, 0.15) is 39.5 Å². The van der Waals surface area contributed by atoms with Crippen LogP contribution in [0, 0.1) is 5.92 Å². The molecule has 0 radical (unpaired) electrons. The molecule has 98 valence electrons. The maximum absolute atomic E-state index is 11.9. The molecule has 2 N–H and O–H groups in total. The Morgan fingerprint density at radius 1 is 1.41 bits per heavy atom. The summed E-state index contributed by atoms with van der Waals surface area (Å²) < 4.78 is 5.91. The number of hydrogen-bond donors (Lipinski definition) is 2. The minimum absolute atomic E-state index is 0.00589. The van der Waals surface area contributed by atoms with E-state index in [1.165, 1.54) is 0 Å². The van der Waals surface area contributed by atoms with Crippen LogP contribution in [-0.2, 0) is 9.53 Å². The lowest BCUT2D eigenvalue weighted by atomic mass is 9.85. The Labute approximate surface area is 103 Å². The summed E-state index contributed by atoms with van der Waals surface area (Å²) in [5, 5.41) is 6.32. The van der Waals surface area contributed by atoms with E-state index in [0.29, 0.717) is 6.04 Å². The monoisotopic (exact) mass is 240 g/mol. The van der Waals surface area contributed by atoms with Crippen molar-refractivity contribution in [3.05, 3.63) is 0 Å². The molecule has 4 heteroatoms. The van der Waals surface area contributed by atoms with Crippen molar-refractivity contribution in [3.8, 4) is 0 Å². The van der Waals surface area contributed by atoms with E-state index >= 15 is 0 Å². The van der Waals surface area contributed by atoms with E-state index < -0.39 is 0 Å². The summed E-state index contributed by atoms with van der Waals surface area (Å²) in [7, 11) is 0. The number of nitrogens with one attached hydrogen (secondary N) is 2. The fraction of sp³-hybridized carbons (Fsp3) is 0.923. The normalized spacial score (nSPS) is 28.5. The lowest BCUT2D eigenvalue weighted by Crippen LogP contribution is -2.55. The Morgan fingerprint density at radius 2 is 2.12 bits per heavy atom. The molecular weight excluding hydrogens is 216 g/mol. The van der Waals surface area contributed by atoms with Gasteiger partial charge in [0, 0.05) is 25.7 Å². The maximum atomic E-state index is 11.9. The van der Waals surface area contributed by atoms with Crippen LogP contribution >= 0.6 is 0 Å². The van der Waals surface area contributed by atoms with Crippen molar-refractivity contribution in [2.45, 2.75) is 51.2 Å². The minimum Gasteiger partial charge on any atom is -0.375 e. The molecule has 1 amide bonds. The van der Waals surface area contributed by atoms with E-state index in [1.807, 2.05) is 0 Å². The molecule has 2 heterocycles. The third-order valence-corrected chi connectivity index (χ3v) is 4.28. The molecule has 0 aromatic heterocycles. The van der Waals surface area contributed by atoms with Gasteiger partial charge in [-0.25, -0.2) is 0 Å². The molecule has 0 aromatic carbocycles. The SMILES string of the molecule is CCC1(CC)CC(NC(=O)C2CNC2)CCO1. The summed E-state index contributed by atoms with van der Waals surface area (Å²) in [5.41, 5.74) is -0.00589. The van der Waals surface area contributed by atoms with Crippen LogP contribution in [-0.4, -0.2) is 37.2 Å². The molecular formula is C13H24N2O2. The zero-order valence-electron chi connectivity index (χ0n) is 10.9. The largest absolute Gasteiger partial charge is 0.375 e. The standard InChI is InChI=1S/C13H24N2O2/c1-3-13(4-2)7-11(5-6-17-13)15-12(16)10-8-14-9-10/h10-11,14H,3-9H2,1-2H3,(H,15,16). The van der Waals surface area contributed by atoms with Crippen molar-refractivity contribution >= 4 is 5.91 Å². The zero-order chi connectivity index (χ0) is 12.3. The van der Waals surface area contributed by atoms with Crippen LogP contribution in [0.15, 0.2) is 0 Å². The molecule has 2 aliphatic heterocycles. The first-order valence-electron chi connectivity index (χ1n) is 6.84. The third-order valence-electron chi connectivity index (χ3n) is 4.28. The van der Waals surface area contributed by atoms with Gasteiger partial charge in [0.2, 0.25) is 5.91 Å². The van der Waals surface area contributed by atoms with Crippen LogP contribution in [0.3, 0.4) is 0 Å². The number of amides is 1. The highest BCUT2D eigenvalue weighted by atomic mass is 16.5. The summed E-state index contributed by atoms with van der Waals surface area (Å²) >= 11 is 0. The van der Waals surface area contributed by atoms with Crippen molar-refractivity contribution in [1.82, 2.24) is 10.6 Å². The average Bonchev–Trinajstić information content (AvgIpc) is 2.26. The maximum Gasteiger partial charge on any atom is 0.225 e. The molecule has 0 saturated carbocycles. The van der Waals surface area contributed by atoms with Gasteiger partial charge in [-0.15, -0.1) is 0 Å². The van der Waals surface area contributed by atoms with Crippen molar-refractivity contribution in [3.63, 3.8) is 0 Å². The second-order valence-corrected chi connectivity index (χ2v) is 5.29. The Hall–Kier alpha value is -0.610. The molecule has 0 spiro atoms. The van der Waals surface area contributed by atoms with Gasteiger partial charge >= 0.3 is 0 Å². The van der Waals surface area contributed by atoms with Crippen LogP contribution in [0.25, 0.3) is 0 Å². The van der Waals surface area contributed by atoms with Gasteiger partial charge in [-0.2, -0.15) is 0 Å². The lowest BCUT2D eigenvalue weighted by molar-refractivity contribution is -0.131. The summed E-state index contributed by atoms with van der Waals surface area (Å²) in [6, 6.07) is 0.303. The third kappa shape index (κ3) is 2.80. The summed E-state index contributed by atoms with van der Waals surface area (Å²) in [6.45, 7) is 6.78. The summed E-state index contributed by atoms with van der Waals surface area (Å²) in [4.78, 5) is 11.9. The summed E-state index contributed by atoms with van der Waals surface area (Å²) in [5.74, 6) is 0.409. The first-order valence-corrected chi connectivity index (χ1v) is 6.84. The number of hydrogen-bond acceptors (Lipinski definition) is 3. The second-order valence-electron chi connectivity index (χ2n) is 5.29. The van der Waals surface area contributed by atoms with Crippen molar-refractivity contribution < 1.29 is 9.53 Å². The van der Waals surface area contributed by atoms with Crippen LogP contribution < -0.4 is 10.6 Å². The molecule has 2 fully saturated rings. The van der Waals surface area contributed by atoms with E-state index in [4.69, 9.17) is 4.74 Å². The van der Waals surface area contributed by atoms with E-state index in [9.17, 15) is 4.79 Å². The highest BCUT2D eigenvalue weighted by molar-refractivity contribution is 5.80. The van der Waals surface area contributed by atoms with Crippen molar-refractivity contribution in [2.75, 3.05) is 19.7 Å². The predicted octanol–water partition coefficient (Wildman–Crippen LogP) is 1.06. The van der Waals surface area contributed by atoms with Gasteiger partial charge in [-0.3, -0.25) is 4.79 Å². The Bertz CT molecular complexity index is 273. The topological polar surface area (TPSA) is 50.4 Å². The van der Waals surface area contributed by atoms with Crippen molar-refractivity contribution in [1.29, 1.82) is 0 Å². The molecule has 1 unspecified atom stereocenters. The fourth-order valence-corrected chi connectivity index (χ4v) is 2.69. The quantitative estimate of drug-likeness (QED) is 0.772. The van der Waals surface area contributed by atoms with Crippen LogP contribution in [0.4, 0.5) is 0 Å². The molecule has 0 aliphatic carbocycles. The predicted molar refractivity (Wildman–Crippen MR) is 66.8 cm³/mol. The van der Waals surface area contributed by atoms with E-state index in [2.05, 4.69) is 24.5 Å². The lowest BCUT2D eigenvalue weighted by Gasteiger charge is -2.41. The molecule has 0 aromatic rings. The first kappa shape index (κ1) is 12.8. The van der Waals surface area contributed by atoms with Crippen LogP contribution in [0.5, 0.6) is 0 Å². The molecule has 2 rings (SSSR count). The fourth-order valence-electron chi connectivity index (χ4n) is 2.69. The molecule has 2 saturated heterocycles. The van der Waals surface area contributed by atoms with Gasteiger partial charge in [0.1, 0.15) is 0 Å². The Kier molecular flexibility index (Phi) is 4.05. The molecule has 1 atom stereocenters. The van der Waals surface area contributed by atoms with Gasteiger partial charge in [0.25, 0.3) is 0 Å². The van der Waals surface area contributed by atoms with Gasteiger partial charge in [0.15, 0.2) is 0 Å². The number of carbonyl (C=O) groups is 1. The van der Waals surface area contributed by atoms with Gasteiger partial charge in [-0.05, 0) is 25.7 Å². The molecule has 2 aliphatic rings. The van der Waals surface area contributed by atoms with Crippen molar-refractivity contribution in [2.24, 2.45) is 5.92 Å². The highest BCUT2D eigenvalue weighted by Crippen LogP contribution is 2.31. The second kappa shape index (κ2) is 5.36. The van der Waals surface area contributed by atoms with Gasteiger partial charge < -0.3 is 15.4 Å². The number of carbonyl (C=O) groups excluding carboxylic acids is 1. The molecule has 0 bridgehead atoms. The number of rotatable bonds is 4. The first-order chi connectivity index (χ1) is 8.19. The molecule has 17 heavy (non-hydrogen) atoms. The smallest absolute Gasteiger partial charge is 0.225 e. The molecule has 4 nitrogen and oxygen atoms in total. The number of ether oxygens (including phenoxy) is 1. The Balaban J connectivity index is 1.86. The summed E-state index contributed by atoms with van der Waals surface area (Å²) in [6.07, 6.45) is 3.97.